The fourth-order valence-corrected chi connectivity index (χ4v) is 1.98. The van der Waals surface area contributed by atoms with Crippen LogP contribution in [0.3, 0.4) is 0 Å². The molecule has 1 aromatic rings. The Morgan fingerprint density at radius 3 is 2.87 bits per heavy atom. The Bertz CT molecular complexity index is 477. The lowest BCUT2D eigenvalue weighted by molar-refractivity contribution is 0.448. The molecular weight excluding hydrogens is 218 g/mol. The standard InChI is InChI=1S/C9H12ClN3O2/c10-4-6-13-8(14)11-7-3-1-2-5-12(7)9(13)15/h1-6H2. The third-order valence-electron chi connectivity index (χ3n) is 2.57. The first-order chi connectivity index (χ1) is 7.24. The summed E-state index contributed by atoms with van der Waals surface area (Å²) in [5, 5.41) is 0. The minimum atomic E-state index is -0.478. The topological polar surface area (TPSA) is 56.9 Å². The predicted molar refractivity (Wildman–Crippen MR) is 56.4 cm³/mol. The van der Waals surface area contributed by atoms with E-state index in [1.54, 1.807) is 4.57 Å². The molecule has 0 fully saturated rings. The van der Waals surface area contributed by atoms with Crippen molar-refractivity contribution < 1.29 is 0 Å². The van der Waals surface area contributed by atoms with Crippen LogP contribution >= 0.6 is 11.6 Å². The van der Waals surface area contributed by atoms with Crippen LogP contribution in [-0.2, 0) is 19.5 Å². The average molecular weight is 230 g/mol. The number of aryl methyl sites for hydroxylation is 1. The van der Waals surface area contributed by atoms with Crippen molar-refractivity contribution in [3.05, 3.63) is 26.8 Å². The highest BCUT2D eigenvalue weighted by Crippen LogP contribution is 2.07. The van der Waals surface area contributed by atoms with E-state index >= 15 is 0 Å². The van der Waals surface area contributed by atoms with Crippen molar-refractivity contribution in [1.29, 1.82) is 0 Å². The van der Waals surface area contributed by atoms with Gasteiger partial charge in [0, 0.05) is 25.4 Å². The van der Waals surface area contributed by atoms with E-state index in [9.17, 15) is 9.59 Å². The fraction of sp³-hybridized carbons (Fsp3) is 0.667. The number of rotatable bonds is 2. The molecule has 15 heavy (non-hydrogen) atoms. The molecule has 0 N–H and O–H groups in total. The maximum atomic E-state index is 11.9. The normalized spacial score (nSPS) is 15.0. The van der Waals surface area contributed by atoms with Crippen molar-refractivity contribution in [2.75, 3.05) is 5.88 Å². The molecular formula is C9H12ClN3O2. The molecule has 1 aliphatic heterocycles. The van der Waals surface area contributed by atoms with Gasteiger partial charge in [-0.15, -0.1) is 11.6 Å². The van der Waals surface area contributed by atoms with Gasteiger partial charge in [-0.25, -0.2) is 14.2 Å². The zero-order valence-electron chi connectivity index (χ0n) is 8.28. The summed E-state index contributed by atoms with van der Waals surface area (Å²) in [4.78, 5) is 27.2. The van der Waals surface area contributed by atoms with Gasteiger partial charge in [0.15, 0.2) is 0 Å². The van der Waals surface area contributed by atoms with Crippen molar-refractivity contribution in [2.45, 2.75) is 32.4 Å². The lowest BCUT2D eigenvalue weighted by Gasteiger charge is -2.17. The Morgan fingerprint density at radius 2 is 2.13 bits per heavy atom. The van der Waals surface area contributed by atoms with Gasteiger partial charge in [-0.05, 0) is 12.8 Å². The number of nitrogens with zero attached hydrogens (tertiary/aromatic N) is 3. The number of hydrogen-bond acceptors (Lipinski definition) is 3. The summed E-state index contributed by atoms with van der Waals surface area (Å²) in [6.07, 6.45) is 2.67. The molecule has 0 bridgehead atoms. The van der Waals surface area contributed by atoms with Gasteiger partial charge in [0.05, 0.1) is 0 Å². The lowest BCUT2D eigenvalue weighted by atomic mass is 10.2. The van der Waals surface area contributed by atoms with Gasteiger partial charge in [-0.2, -0.15) is 4.98 Å². The summed E-state index contributed by atoms with van der Waals surface area (Å²) < 4.78 is 2.68. The predicted octanol–water partition coefficient (Wildman–Crippen LogP) is -0.0199. The Labute approximate surface area is 91.3 Å². The van der Waals surface area contributed by atoms with Gasteiger partial charge in [-0.3, -0.25) is 4.57 Å². The third-order valence-corrected chi connectivity index (χ3v) is 2.74. The molecule has 0 aromatic carbocycles. The number of halogens is 1. The van der Waals surface area contributed by atoms with Crippen molar-refractivity contribution in [2.24, 2.45) is 0 Å². The summed E-state index contributed by atoms with van der Waals surface area (Å²) in [6.45, 7) is 0.885. The van der Waals surface area contributed by atoms with Crippen LogP contribution in [0.1, 0.15) is 18.7 Å². The van der Waals surface area contributed by atoms with Crippen molar-refractivity contribution >= 4 is 11.6 Å². The zero-order valence-corrected chi connectivity index (χ0v) is 9.03. The van der Waals surface area contributed by atoms with Gasteiger partial charge in [0.1, 0.15) is 5.82 Å². The molecule has 0 saturated carbocycles. The second kappa shape index (κ2) is 4.18. The minimum Gasteiger partial charge on any atom is -0.281 e. The molecule has 1 aliphatic rings. The minimum absolute atomic E-state index is 0.229. The van der Waals surface area contributed by atoms with Crippen LogP contribution in [-0.4, -0.2) is 20.0 Å². The summed E-state index contributed by atoms with van der Waals surface area (Å²) in [5.41, 5.74) is -0.751. The second-order valence-electron chi connectivity index (χ2n) is 3.54. The van der Waals surface area contributed by atoms with Gasteiger partial charge in [0.2, 0.25) is 0 Å². The van der Waals surface area contributed by atoms with Crippen LogP contribution in [0, 0.1) is 0 Å². The second-order valence-corrected chi connectivity index (χ2v) is 3.92. The Morgan fingerprint density at radius 1 is 1.33 bits per heavy atom. The SMILES string of the molecule is O=c1nc2n(c(=O)n1CCCl)CCCC2. The van der Waals surface area contributed by atoms with E-state index in [1.165, 1.54) is 0 Å². The van der Waals surface area contributed by atoms with Crippen molar-refractivity contribution in [3.63, 3.8) is 0 Å². The summed E-state index contributed by atoms with van der Waals surface area (Å²) >= 11 is 5.53. The molecule has 0 radical (unpaired) electrons. The summed E-state index contributed by atoms with van der Waals surface area (Å²) in [5.74, 6) is 0.859. The maximum Gasteiger partial charge on any atom is 0.353 e. The fourth-order valence-electron chi connectivity index (χ4n) is 1.81. The lowest BCUT2D eigenvalue weighted by Crippen LogP contribution is -2.44. The molecule has 82 valence electrons. The highest BCUT2D eigenvalue weighted by molar-refractivity contribution is 6.17. The molecule has 2 heterocycles. The monoisotopic (exact) mass is 229 g/mol. The van der Waals surface area contributed by atoms with E-state index in [4.69, 9.17) is 11.6 Å². The first-order valence-electron chi connectivity index (χ1n) is 5.00. The average Bonchev–Trinajstić information content (AvgIpc) is 2.24. The van der Waals surface area contributed by atoms with Gasteiger partial charge in [0.25, 0.3) is 0 Å². The van der Waals surface area contributed by atoms with E-state index in [-0.39, 0.29) is 18.1 Å². The van der Waals surface area contributed by atoms with Crippen LogP contribution in [0.5, 0.6) is 0 Å². The summed E-state index contributed by atoms with van der Waals surface area (Å²) in [6, 6.07) is 0. The largest absolute Gasteiger partial charge is 0.353 e. The van der Waals surface area contributed by atoms with E-state index < -0.39 is 5.69 Å². The Balaban J connectivity index is 2.59. The molecule has 0 spiro atoms. The smallest absolute Gasteiger partial charge is 0.281 e. The van der Waals surface area contributed by atoms with Crippen molar-refractivity contribution in [3.8, 4) is 0 Å². The number of hydrogen-bond donors (Lipinski definition) is 0. The molecule has 0 amide bonds. The molecule has 0 aliphatic carbocycles. The molecule has 2 rings (SSSR count). The van der Waals surface area contributed by atoms with E-state index in [1.807, 2.05) is 0 Å². The van der Waals surface area contributed by atoms with Crippen LogP contribution in [0.25, 0.3) is 0 Å². The zero-order chi connectivity index (χ0) is 10.8. The highest BCUT2D eigenvalue weighted by atomic mass is 35.5. The van der Waals surface area contributed by atoms with Gasteiger partial charge >= 0.3 is 11.4 Å². The first-order valence-corrected chi connectivity index (χ1v) is 5.54. The molecule has 5 nitrogen and oxygen atoms in total. The Kier molecular flexibility index (Phi) is 2.90. The van der Waals surface area contributed by atoms with Gasteiger partial charge < -0.3 is 0 Å². The molecule has 0 atom stereocenters. The van der Waals surface area contributed by atoms with Crippen LogP contribution in [0.4, 0.5) is 0 Å². The molecule has 0 unspecified atom stereocenters. The van der Waals surface area contributed by atoms with E-state index in [2.05, 4.69) is 4.98 Å². The van der Waals surface area contributed by atoms with Crippen LogP contribution in [0.15, 0.2) is 9.59 Å². The number of aromatic nitrogens is 3. The van der Waals surface area contributed by atoms with Crippen LogP contribution < -0.4 is 11.4 Å². The Hall–Kier alpha value is -1.10. The number of fused-ring (bicyclic) bond motifs is 1. The number of alkyl halides is 1. The van der Waals surface area contributed by atoms with E-state index in [0.717, 1.165) is 17.4 Å². The van der Waals surface area contributed by atoms with Gasteiger partial charge in [-0.1, -0.05) is 0 Å². The highest BCUT2D eigenvalue weighted by Gasteiger charge is 2.15. The quantitative estimate of drug-likeness (QED) is 0.670. The van der Waals surface area contributed by atoms with Crippen molar-refractivity contribution in [1.82, 2.24) is 14.1 Å². The first kappa shape index (κ1) is 10.4. The molecule has 6 heteroatoms. The van der Waals surface area contributed by atoms with Crippen LogP contribution in [0.2, 0.25) is 0 Å². The maximum absolute atomic E-state index is 11.9. The molecule has 1 aromatic heterocycles. The summed E-state index contributed by atoms with van der Waals surface area (Å²) in [7, 11) is 0. The molecule has 0 saturated heterocycles. The van der Waals surface area contributed by atoms with E-state index in [0.29, 0.717) is 18.8 Å². The third kappa shape index (κ3) is 1.84.